The highest BCUT2D eigenvalue weighted by Crippen LogP contribution is 2.25. The lowest BCUT2D eigenvalue weighted by atomic mass is 10.2. The van der Waals surface area contributed by atoms with Gasteiger partial charge < -0.3 is 4.66 Å². The Kier molecular flexibility index (Phi) is 4.79. The Morgan fingerprint density at radius 3 is 1.71 bits per heavy atom. The summed E-state index contributed by atoms with van der Waals surface area (Å²) in [4.78, 5) is 0. The summed E-state index contributed by atoms with van der Waals surface area (Å²) in [5.41, 5.74) is 2.21. The van der Waals surface area contributed by atoms with Gasteiger partial charge in [0.15, 0.2) is 8.24 Å². The van der Waals surface area contributed by atoms with E-state index in [1.807, 2.05) is 0 Å². The summed E-state index contributed by atoms with van der Waals surface area (Å²) in [6, 6.07) is 0. The van der Waals surface area contributed by atoms with Gasteiger partial charge in [-0.2, -0.15) is 0 Å². The molecule has 1 unspecified atom stereocenters. The highest BCUT2D eigenvalue weighted by molar-refractivity contribution is 6.82. The minimum Gasteiger partial charge on any atom is -0.330 e. The molecule has 0 rings (SSSR count). The Morgan fingerprint density at radius 2 is 1.50 bits per heavy atom. The van der Waals surface area contributed by atoms with Crippen molar-refractivity contribution in [2.45, 2.75) is 65.1 Å². The summed E-state index contributed by atoms with van der Waals surface area (Å²) < 4.78 is 4.98. The number of hydrogen-bond donors (Lipinski definition) is 0. The molecular weight excluding hydrogens is 202 g/mol. The van der Waals surface area contributed by atoms with E-state index in [0.29, 0.717) is 0 Å². The molecule has 1 atom stereocenters. The molecule has 0 amide bonds. The van der Waals surface area contributed by atoms with Crippen molar-refractivity contribution in [3.05, 3.63) is 0 Å². The van der Waals surface area contributed by atoms with Crippen LogP contribution in [0.25, 0.3) is 0 Å². The van der Waals surface area contributed by atoms with E-state index in [4.69, 9.17) is 4.66 Å². The van der Waals surface area contributed by atoms with Gasteiger partial charge in [-0.05, 0) is 31.6 Å². The van der Waals surface area contributed by atoms with Gasteiger partial charge in [0.25, 0.3) is 0 Å². The van der Waals surface area contributed by atoms with Crippen molar-refractivity contribution in [1.29, 1.82) is 0 Å². The molecule has 0 aliphatic heterocycles. The largest absolute Gasteiger partial charge is 0.330 e. The van der Waals surface area contributed by atoms with Crippen LogP contribution in [0.3, 0.4) is 0 Å². The monoisotopic (exact) mass is 229 g/mol. The van der Waals surface area contributed by atoms with E-state index in [0.717, 1.165) is 12.0 Å². The third-order valence-electron chi connectivity index (χ3n) is 2.64. The number of hydrogen-bond acceptors (Lipinski definition) is 1. The number of rotatable bonds is 4. The van der Waals surface area contributed by atoms with Crippen molar-refractivity contribution >= 4 is 22.0 Å². The molecule has 14 heavy (non-hydrogen) atoms. The quantitative estimate of drug-likeness (QED) is 0.500. The van der Waals surface area contributed by atoms with E-state index in [-0.39, 0.29) is 0 Å². The van der Waals surface area contributed by atoms with Crippen molar-refractivity contribution in [3.8, 4) is 0 Å². The zero-order valence-corrected chi connectivity index (χ0v) is 13.2. The Bertz CT molecular complexity index is 208. The van der Waals surface area contributed by atoms with E-state index in [2.05, 4.69) is 53.1 Å². The zero-order valence-electron chi connectivity index (χ0n) is 11.2. The van der Waals surface area contributed by atoms with Gasteiger partial charge in [0.05, 0.1) is 8.07 Å². The van der Waals surface area contributed by atoms with Gasteiger partial charge in [0, 0.05) is 5.71 Å². The van der Waals surface area contributed by atoms with Crippen LogP contribution in [0.1, 0.15) is 20.3 Å². The summed E-state index contributed by atoms with van der Waals surface area (Å²) >= 11 is 0. The van der Waals surface area contributed by atoms with Crippen molar-refractivity contribution in [2.24, 2.45) is 4.66 Å². The maximum Gasteiger partial charge on any atom is 0.172 e. The molecule has 0 saturated carbocycles. The minimum absolute atomic E-state index is 0.735. The maximum atomic E-state index is 4.98. The molecule has 0 aliphatic rings. The second-order valence-electron chi connectivity index (χ2n) is 6.22. The van der Waals surface area contributed by atoms with Gasteiger partial charge in [0.1, 0.15) is 0 Å². The maximum absolute atomic E-state index is 4.98. The highest BCUT2D eigenvalue weighted by Gasteiger charge is 2.27. The predicted molar refractivity (Wildman–Crippen MR) is 73.8 cm³/mol. The van der Waals surface area contributed by atoms with E-state index in [1.165, 1.54) is 5.71 Å². The Hall–Kier alpha value is 0.104. The first-order valence-corrected chi connectivity index (χ1v) is 12.7. The third kappa shape index (κ3) is 5.10. The molecule has 0 aliphatic carbocycles. The molecule has 0 aromatic carbocycles. The molecule has 0 fully saturated rings. The van der Waals surface area contributed by atoms with Gasteiger partial charge in [-0.15, -0.1) is 0 Å². The van der Waals surface area contributed by atoms with Gasteiger partial charge in [-0.1, -0.05) is 33.5 Å². The molecule has 0 saturated heterocycles. The van der Waals surface area contributed by atoms with Crippen molar-refractivity contribution < 1.29 is 0 Å². The molecule has 0 aromatic heterocycles. The molecule has 84 valence electrons. The Balaban J connectivity index is 4.83. The standard InChI is InChI=1S/C11H27NSi2/c1-9-11(12-14(6,7)8)10(2)13(3,4)5/h10H,9H2,1-8H3. The lowest BCUT2D eigenvalue weighted by molar-refractivity contribution is 1.10. The molecule has 0 radical (unpaired) electrons. The first-order chi connectivity index (χ1) is 6.08. The fourth-order valence-corrected chi connectivity index (χ4v) is 4.02. The normalized spacial score (nSPS) is 17.0. The van der Waals surface area contributed by atoms with Gasteiger partial charge in [-0.25, -0.2) is 0 Å². The Labute approximate surface area is 92.1 Å². The van der Waals surface area contributed by atoms with E-state index >= 15 is 0 Å². The van der Waals surface area contributed by atoms with Crippen LogP contribution >= 0.6 is 0 Å². The average Bonchev–Trinajstić information content (AvgIpc) is 1.95. The van der Waals surface area contributed by atoms with Crippen LogP contribution in [0.4, 0.5) is 0 Å². The fourth-order valence-electron chi connectivity index (χ4n) is 1.41. The molecule has 0 bridgehead atoms. The molecule has 0 N–H and O–H groups in total. The van der Waals surface area contributed by atoms with Crippen LogP contribution in [-0.4, -0.2) is 22.0 Å². The lowest BCUT2D eigenvalue weighted by Crippen LogP contribution is -2.33. The molecule has 0 spiro atoms. The van der Waals surface area contributed by atoms with E-state index in [1.54, 1.807) is 0 Å². The van der Waals surface area contributed by atoms with Crippen LogP contribution in [0, 0.1) is 0 Å². The predicted octanol–water partition coefficient (Wildman–Crippen LogP) is 4.40. The molecule has 0 aromatic rings. The topological polar surface area (TPSA) is 12.4 Å². The van der Waals surface area contributed by atoms with E-state index < -0.39 is 16.3 Å². The summed E-state index contributed by atoms with van der Waals surface area (Å²) in [7, 11) is -2.33. The van der Waals surface area contributed by atoms with Crippen LogP contribution in [0.2, 0.25) is 44.8 Å². The first kappa shape index (κ1) is 14.1. The van der Waals surface area contributed by atoms with Crippen molar-refractivity contribution in [3.63, 3.8) is 0 Å². The second-order valence-corrected chi connectivity index (χ2v) is 16.4. The first-order valence-electron chi connectivity index (χ1n) is 5.66. The van der Waals surface area contributed by atoms with Crippen LogP contribution in [0.5, 0.6) is 0 Å². The van der Waals surface area contributed by atoms with Crippen LogP contribution in [-0.2, 0) is 0 Å². The van der Waals surface area contributed by atoms with E-state index in [9.17, 15) is 0 Å². The fraction of sp³-hybridized carbons (Fsp3) is 0.909. The summed E-state index contributed by atoms with van der Waals surface area (Å²) in [5.74, 6) is 0. The molecular formula is C11H27NSi2. The second kappa shape index (κ2) is 4.75. The molecule has 3 heteroatoms. The summed E-state index contributed by atoms with van der Waals surface area (Å²) in [6.45, 7) is 18.9. The van der Waals surface area contributed by atoms with Gasteiger partial charge >= 0.3 is 0 Å². The van der Waals surface area contributed by atoms with Crippen LogP contribution in [0.15, 0.2) is 4.66 Å². The molecule has 1 nitrogen and oxygen atoms in total. The zero-order chi connectivity index (χ0) is 11.6. The van der Waals surface area contributed by atoms with Crippen molar-refractivity contribution in [1.82, 2.24) is 0 Å². The van der Waals surface area contributed by atoms with Gasteiger partial charge in [0.2, 0.25) is 0 Å². The highest BCUT2D eigenvalue weighted by atomic mass is 28.3. The smallest absolute Gasteiger partial charge is 0.172 e. The minimum atomic E-state index is -1.27. The molecule has 0 heterocycles. The van der Waals surface area contributed by atoms with Gasteiger partial charge in [-0.3, -0.25) is 0 Å². The number of nitrogens with zero attached hydrogens (tertiary/aromatic N) is 1. The van der Waals surface area contributed by atoms with Crippen molar-refractivity contribution in [2.75, 3.05) is 0 Å². The van der Waals surface area contributed by atoms with Crippen LogP contribution < -0.4 is 0 Å². The summed E-state index contributed by atoms with van der Waals surface area (Å²) in [6.07, 6.45) is 1.13. The third-order valence-corrected chi connectivity index (χ3v) is 6.53. The Morgan fingerprint density at radius 1 is 1.07 bits per heavy atom. The summed E-state index contributed by atoms with van der Waals surface area (Å²) in [5, 5.41) is 0. The SMILES string of the molecule is CCC(=N[Si](C)(C)C)C(C)[Si](C)(C)C. The lowest BCUT2D eigenvalue weighted by Gasteiger charge is -2.28. The average molecular weight is 230 g/mol.